The van der Waals surface area contributed by atoms with Crippen LogP contribution in [0.5, 0.6) is 0 Å². The van der Waals surface area contributed by atoms with Gasteiger partial charge in [0, 0.05) is 0 Å². The third kappa shape index (κ3) is 5.60. The number of rotatable bonds is 7. The van der Waals surface area contributed by atoms with Crippen molar-refractivity contribution < 1.29 is 0 Å². The van der Waals surface area contributed by atoms with Crippen molar-refractivity contribution in [3.63, 3.8) is 0 Å². The summed E-state index contributed by atoms with van der Waals surface area (Å²) < 4.78 is 0. The summed E-state index contributed by atoms with van der Waals surface area (Å²) in [5.41, 5.74) is 3.98. The van der Waals surface area contributed by atoms with E-state index in [2.05, 4.69) is 67.6 Å². The lowest BCUT2D eigenvalue weighted by Gasteiger charge is -2.46. The van der Waals surface area contributed by atoms with E-state index in [1.54, 1.807) is 36.3 Å². The fourth-order valence-electron chi connectivity index (χ4n) is 7.50. The van der Waals surface area contributed by atoms with Gasteiger partial charge in [0.2, 0.25) is 0 Å². The molecule has 0 aliphatic heterocycles. The topological polar surface area (TPSA) is 0 Å². The van der Waals surface area contributed by atoms with Crippen LogP contribution < -0.4 is 10.6 Å². The van der Waals surface area contributed by atoms with Crippen molar-refractivity contribution in [2.45, 2.75) is 113 Å². The van der Waals surface area contributed by atoms with Crippen molar-refractivity contribution in [3.8, 4) is 0 Å². The Morgan fingerprint density at radius 3 is 1.55 bits per heavy atom. The summed E-state index contributed by atoms with van der Waals surface area (Å²) in [6.07, 6.45) is 19.6. The highest BCUT2D eigenvalue weighted by molar-refractivity contribution is 7.73. The van der Waals surface area contributed by atoms with E-state index in [0.717, 1.165) is 28.6 Å². The first-order chi connectivity index (χ1) is 16.3. The predicted octanol–water partition coefficient (Wildman–Crippen LogP) is 8.82. The minimum Gasteiger partial charge on any atom is -0.0971 e. The minimum absolute atomic E-state index is 0.152. The first kappa shape index (κ1) is 24.0. The van der Waals surface area contributed by atoms with Crippen LogP contribution in [0.15, 0.2) is 60.7 Å². The average molecular weight is 479 g/mol. The summed E-state index contributed by atoms with van der Waals surface area (Å²) >= 11 is 0. The van der Waals surface area contributed by atoms with Crippen molar-refractivity contribution in [2.75, 3.05) is 0 Å². The Balaban J connectivity index is 1.45. The van der Waals surface area contributed by atoms with Gasteiger partial charge < -0.3 is 0 Å². The zero-order valence-electron chi connectivity index (χ0n) is 20.7. The Kier molecular flexibility index (Phi) is 8.60. The minimum atomic E-state index is -0.273. The zero-order valence-corrected chi connectivity index (χ0v) is 22.5. The van der Waals surface area contributed by atoms with Crippen LogP contribution in [-0.2, 0) is 0 Å². The second kappa shape index (κ2) is 11.8. The molecule has 3 aliphatic carbocycles. The Labute approximate surface area is 205 Å². The molecule has 2 unspecified atom stereocenters. The maximum absolute atomic E-state index is 2.75. The van der Waals surface area contributed by atoms with Gasteiger partial charge in [-0.2, -0.15) is 0 Å². The van der Waals surface area contributed by atoms with Gasteiger partial charge in [-0.1, -0.05) is 120 Å². The summed E-state index contributed by atoms with van der Waals surface area (Å²) in [5, 5.41) is 3.23. The fraction of sp³-hybridized carbons (Fsp3) is 0.613. The van der Waals surface area contributed by atoms with Gasteiger partial charge in [-0.05, 0) is 85.6 Å². The highest BCUT2D eigenvalue weighted by atomic mass is 31.1. The molecule has 2 aromatic carbocycles. The largest absolute Gasteiger partial charge is 0.0971 e. The highest BCUT2D eigenvalue weighted by Crippen LogP contribution is 2.64. The third-order valence-corrected chi connectivity index (χ3v) is 16.1. The van der Waals surface area contributed by atoms with Gasteiger partial charge in [0.1, 0.15) is 0 Å². The van der Waals surface area contributed by atoms with Crippen molar-refractivity contribution in [1.29, 1.82) is 0 Å². The number of hydrogen-bond acceptors (Lipinski definition) is 0. The van der Waals surface area contributed by atoms with Crippen molar-refractivity contribution in [3.05, 3.63) is 60.7 Å². The molecular weight excluding hydrogens is 434 g/mol. The lowest BCUT2D eigenvalue weighted by atomic mass is 9.99. The molecule has 0 bridgehead atoms. The Bertz CT molecular complexity index is 765. The van der Waals surface area contributed by atoms with Gasteiger partial charge in [-0.3, -0.25) is 0 Å². The molecule has 0 radical (unpaired) electrons. The molecule has 0 amide bonds. The van der Waals surface area contributed by atoms with E-state index in [0.29, 0.717) is 0 Å². The summed E-state index contributed by atoms with van der Waals surface area (Å²) in [6.45, 7) is 2.75. The Hall–Kier alpha value is -0.700. The molecule has 3 fully saturated rings. The maximum atomic E-state index is 2.75. The molecule has 3 atom stereocenters. The van der Waals surface area contributed by atoms with Gasteiger partial charge in [-0.15, -0.1) is 0 Å². The van der Waals surface area contributed by atoms with E-state index in [1.165, 1.54) is 57.8 Å². The van der Waals surface area contributed by atoms with E-state index < -0.39 is 0 Å². The van der Waals surface area contributed by atoms with Gasteiger partial charge in [0.25, 0.3) is 0 Å². The van der Waals surface area contributed by atoms with Crippen molar-refractivity contribution in [1.82, 2.24) is 0 Å². The molecule has 0 nitrogen and oxygen atoms in total. The van der Waals surface area contributed by atoms with E-state index in [-0.39, 0.29) is 15.8 Å². The molecule has 2 heteroatoms. The second-order valence-corrected chi connectivity index (χ2v) is 16.6. The normalized spacial score (nSPS) is 26.2. The highest BCUT2D eigenvalue weighted by Gasteiger charge is 2.44. The molecule has 3 saturated carbocycles. The second-order valence-electron chi connectivity index (χ2n) is 11.0. The quantitative estimate of drug-likeness (QED) is 0.349. The van der Waals surface area contributed by atoms with Crippen molar-refractivity contribution >= 4 is 26.5 Å². The first-order valence-corrected chi connectivity index (χ1v) is 17.0. The SMILES string of the molecule is CC(C1CCC[C@H]1P(c1ccccc1)c1ccccc1)P(C1CCCCC1)C1CCCCC1. The van der Waals surface area contributed by atoms with Crippen LogP contribution in [-0.4, -0.2) is 22.6 Å². The van der Waals surface area contributed by atoms with Crippen LogP contribution in [0.3, 0.4) is 0 Å². The molecule has 3 aliphatic rings. The molecule has 0 N–H and O–H groups in total. The van der Waals surface area contributed by atoms with Crippen LogP contribution in [0.2, 0.25) is 0 Å². The molecule has 33 heavy (non-hydrogen) atoms. The molecule has 0 saturated heterocycles. The van der Waals surface area contributed by atoms with Crippen LogP contribution in [0.25, 0.3) is 0 Å². The smallest absolute Gasteiger partial charge is 0.00945 e. The van der Waals surface area contributed by atoms with E-state index >= 15 is 0 Å². The van der Waals surface area contributed by atoms with Gasteiger partial charge in [-0.25, -0.2) is 0 Å². The third-order valence-electron chi connectivity index (χ3n) is 9.01. The van der Waals surface area contributed by atoms with Crippen LogP contribution in [0.1, 0.15) is 90.4 Å². The van der Waals surface area contributed by atoms with Gasteiger partial charge in [0.05, 0.1) is 0 Å². The lowest BCUT2D eigenvalue weighted by molar-refractivity contribution is 0.467. The lowest BCUT2D eigenvalue weighted by Crippen LogP contribution is -2.34. The molecule has 5 rings (SSSR count). The summed E-state index contributed by atoms with van der Waals surface area (Å²) in [7, 11) is -0.121. The number of hydrogen-bond donors (Lipinski definition) is 0. The maximum Gasteiger partial charge on any atom is -0.00945 e. The van der Waals surface area contributed by atoms with E-state index in [4.69, 9.17) is 0 Å². The molecule has 0 heterocycles. The standard InChI is InChI=1S/C31H44P2/c1-25(32(26-15-6-2-7-16-26)27-17-8-3-9-18-27)30-23-14-24-31(30)33(28-19-10-4-11-20-28)29-21-12-5-13-22-29/h4-5,10-13,19-22,25-27,30-31H,2-3,6-9,14-18,23-24H2,1H3/t25?,30?,31-/m1/s1. The van der Waals surface area contributed by atoms with Crippen LogP contribution in [0.4, 0.5) is 0 Å². The Morgan fingerprint density at radius 1 is 0.576 bits per heavy atom. The summed E-state index contributed by atoms with van der Waals surface area (Å²) in [5.74, 6) is 0.937. The first-order valence-electron chi connectivity index (χ1n) is 14.0. The average Bonchev–Trinajstić information content (AvgIpc) is 3.36. The molecular formula is C31H44P2. The van der Waals surface area contributed by atoms with Crippen LogP contribution in [0, 0.1) is 5.92 Å². The van der Waals surface area contributed by atoms with Crippen LogP contribution >= 0.6 is 15.8 Å². The summed E-state index contributed by atoms with van der Waals surface area (Å²) in [4.78, 5) is 0. The monoisotopic (exact) mass is 478 g/mol. The van der Waals surface area contributed by atoms with E-state index in [1.807, 2.05) is 0 Å². The van der Waals surface area contributed by atoms with Gasteiger partial charge >= 0.3 is 0 Å². The van der Waals surface area contributed by atoms with E-state index in [9.17, 15) is 0 Å². The molecule has 0 spiro atoms. The van der Waals surface area contributed by atoms with Crippen molar-refractivity contribution in [2.24, 2.45) is 5.92 Å². The molecule has 178 valence electrons. The Morgan fingerprint density at radius 2 is 1.06 bits per heavy atom. The predicted molar refractivity (Wildman–Crippen MR) is 150 cm³/mol. The molecule has 0 aromatic heterocycles. The molecule has 2 aromatic rings. The zero-order chi connectivity index (χ0) is 22.5. The fourth-order valence-corrected chi connectivity index (χ4v) is 15.6. The summed E-state index contributed by atoms with van der Waals surface area (Å²) in [6, 6.07) is 23.2. The van der Waals surface area contributed by atoms with Gasteiger partial charge in [0.15, 0.2) is 0 Å². The number of benzene rings is 2.